The molecule has 0 rings (SSSR count). The number of carboxylic acid groups (broad SMARTS) is 1. The minimum absolute atomic E-state index is 0. The van der Waals surface area contributed by atoms with Gasteiger partial charge >= 0.3 is 5.97 Å². The third kappa shape index (κ3) is 6.65. The van der Waals surface area contributed by atoms with Crippen LogP contribution in [0.15, 0.2) is 0 Å². The summed E-state index contributed by atoms with van der Waals surface area (Å²) in [6.07, 6.45) is -10.1. The molecule has 0 spiro atoms. The van der Waals surface area contributed by atoms with E-state index in [4.69, 9.17) is 25.5 Å². The number of aliphatic carboxylic acids is 1. The van der Waals surface area contributed by atoms with Gasteiger partial charge in [0.25, 0.3) is 0 Å². The molecule has 7 N–H and O–H groups in total. The van der Waals surface area contributed by atoms with Crippen molar-refractivity contribution >= 4 is 35.5 Å². The summed E-state index contributed by atoms with van der Waals surface area (Å²) in [4.78, 5) is 10.2. The molecule has 0 aliphatic rings. The van der Waals surface area contributed by atoms with Crippen LogP contribution in [-0.2, 0) is 4.79 Å². The Bertz CT molecular complexity index is 226. The van der Waals surface area contributed by atoms with Gasteiger partial charge in [-0.25, -0.2) is 0 Å². The molecular formula is C8H16NaO8. The summed E-state index contributed by atoms with van der Waals surface area (Å²) in [5, 5.41) is 62.5. The zero-order valence-electron chi connectivity index (χ0n) is 9.34. The molecule has 0 saturated carbocycles. The van der Waals surface area contributed by atoms with Gasteiger partial charge in [0.2, 0.25) is 0 Å². The summed E-state index contributed by atoms with van der Waals surface area (Å²) in [7, 11) is 0. The third-order valence-corrected chi connectivity index (χ3v) is 2.06. The van der Waals surface area contributed by atoms with Gasteiger partial charge in [-0.2, -0.15) is 0 Å². The molecule has 97 valence electrons. The van der Waals surface area contributed by atoms with Gasteiger partial charge in [0.05, 0.1) is 19.1 Å². The van der Waals surface area contributed by atoms with E-state index in [-0.39, 0.29) is 29.6 Å². The Morgan fingerprint density at radius 1 is 0.882 bits per heavy atom. The molecule has 0 fully saturated rings. The quantitative estimate of drug-likeness (QED) is 0.228. The van der Waals surface area contributed by atoms with E-state index in [1.165, 1.54) is 0 Å². The first-order valence-electron chi connectivity index (χ1n) is 4.54. The predicted molar refractivity (Wildman–Crippen MR) is 55.1 cm³/mol. The summed E-state index contributed by atoms with van der Waals surface area (Å²) < 4.78 is 0. The van der Waals surface area contributed by atoms with Crippen LogP contribution in [0.3, 0.4) is 0 Å². The molecule has 0 saturated heterocycles. The molecular weight excluding hydrogens is 247 g/mol. The van der Waals surface area contributed by atoms with Crippen molar-refractivity contribution in [3.63, 3.8) is 0 Å². The Balaban J connectivity index is 0. The molecule has 0 heterocycles. The minimum Gasteiger partial charge on any atom is -0.481 e. The van der Waals surface area contributed by atoms with Gasteiger partial charge in [-0.1, -0.05) is 0 Å². The van der Waals surface area contributed by atoms with Crippen molar-refractivity contribution in [1.82, 2.24) is 0 Å². The second kappa shape index (κ2) is 9.20. The molecule has 0 aliphatic carbocycles. The van der Waals surface area contributed by atoms with Gasteiger partial charge in [-0.3, -0.25) is 4.79 Å². The summed E-state index contributed by atoms with van der Waals surface area (Å²) in [5.41, 5.74) is 0. The molecule has 0 bridgehead atoms. The summed E-state index contributed by atoms with van der Waals surface area (Å²) in [6, 6.07) is 0. The molecule has 0 aromatic heterocycles. The average Bonchev–Trinajstić information content (AvgIpc) is 2.23. The maximum Gasteiger partial charge on any atom is 0.306 e. The van der Waals surface area contributed by atoms with Crippen molar-refractivity contribution < 1.29 is 40.5 Å². The average molecular weight is 263 g/mol. The maximum atomic E-state index is 10.2. The number of hydrogen-bond acceptors (Lipinski definition) is 7. The molecule has 0 aliphatic heterocycles. The Kier molecular flexibility index (Phi) is 10.6. The predicted octanol–water partition coefficient (Wildman–Crippen LogP) is -4.12. The van der Waals surface area contributed by atoms with E-state index in [0.717, 1.165) is 0 Å². The topological polar surface area (TPSA) is 159 Å². The van der Waals surface area contributed by atoms with Gasteiger partial charge in [-0.05, 0) is 0 Å². The summed E-state index contributed by atoms with van der Waals surface area (Å²) in [6.45, 7) is -0.847. The molecule has 8 nitrogen and oxygen atoms in total. The van der Waals surface area contributed by atoms with Crippen LogP contribution >= 0.6 is 0 Å². The third-order valence-electron chi connectivity index (χ3n) is 2.06. The van der Waals surface area contributed by atoms with Crippen molar-refractivity contribution in [3.8, 4) is 0 Å². The Morgan fingerprint density at radius 3 is 1.65 bits per heavy atom. The van der Waals surface area contributed by atoms with E-state index in [0.29, 0.717) is 0 Å². The monoisotopic (exact) mass is 263 g/mol. The number of carboxylic acids is 1. The Morgan fingerprint density at radius 2 is 1.29 bits per heavy atom. The zero-order chi connectivity index (χ0) is 12.9. The van der Waals surface area contributed by atoms with Crippen molar-refractivity contribution in [2.45, 2.75) is 36.9 Å². The number of aliphatic hydroxyl groups is 6. The Hall–Kier alpha value is 0.230. The van der Waals surface area contributed by atoms with Gasteiger partial charge in [0.15, 0.2) is 0 Å². The van der Waals surface area contributed by atoms with E-state index in [1.54, 1.807) is 0 Å². The van der Waals surface area contributed by atoms with Crippen LogP contribution in [0.25, 0.3) is 0 Å². The second-order valence-electron chi connectivity index (χ2n) is 3.39. The van der Waals surface area contributed by atoms with Crippen molar-refractivity contribution in [3.05, 3.63) is 0 Å². The largest absolute Gasteiger partial charge is 0.481 e. The van der Waals surface area contributed by atoms with Crippen LogP contribution in [0.5, 0.6) is 0 Å². The summed E-state index contributed by atoms with van der Waals surface area (Å²) in [5.74, 6) is -1.39. The Labute approximate surface area is 119 Å². The molecule has 0 aromatic carbocycles. The first kappa shape index (κ1) is 19.6. The minimum atomic E-state index is -1.96. The number of aliphatic hydroxyl groups excluding tert-OH is 6. The SMILES string of the molecule is O=C(O)CC(O)[C@H](O)[C@@H](O)[C@H](O)[C@H](O)CO.[Na]. The van der Waals surface area contributed by atoms with Crippen molar-refractivity contribution in [2.75, 3.05) is 6.61 Å². The number of rotatable bonds is 7. The number of carbonyl (C=O) groups is 1. The first-order valence-corrected chi connectivity index (χ1v) is 4.54. The molecule has 0 aromatic rings. The first-order chi connectivity index (χ1) is 7.31. The normalized spacial score (nSPS) is 19.6. The van der Waals surface area contributed by atoms with E-state index in [2.05, 4.69) is 0 Å². The zero-order valence-corrected chi connectivity index (χ0v) is 11.3. The maximum absolute atomic E-state index is 10.2. The van der Waals surface area contributed by atoms with Crippen LogP contribution in [0.1, 0.15) is 6.42 Å². The van der Waals surface area contributed by atoms with Gasteiger partial charge in [0.1, 0.15) is 24.4 Å². The molecule has 0 amide bonds. The van der Waals surface area contributed by atoms with Crippen LogP contribution in [0.4, 0.5) is 0 Å². The van der Waals surface area contributed by atoms with Gasteiger partial charge < -0.3 is 35.7 Å². The van der Waals surface area contributed by atoms with E-state index >= 15 is 0 Å². The fourth-order valence-electron chi connectivity index (χ4n) is 1.06. The van der Waals surface area contributed by atoms with E-state index in [9.17, 15) is 15.0 Å². The fraction of sp³-hybridized carbons (Fsp3) is 0.875. The summed E-state index contributed by atoms with van der Waals surface area (Å²) >= 11 is 0. The smallest absolute Gasteiger partial charge is 0.306 e. The van der Waals surface area contributed by atoms with Crippen LogP contribution < -0.4 is 0 Å². The van der Waals surface area contributed by atoms with Crippen LogP contribution in [0.2, 0.25) is 0 Å². The molecule has 1 radical (unpaired) electrons. The molecule has 9 heteroatoms. The fourth-order valence-corrected chi connectivity index (χ4v) is 1.06. The van der Waals surface area contributed by atoms with Gasteiger partial charge in [0, 0.05) is 29.6 Å². The van der Waals surface area contributed by atoms with Crippen molar-refractivity contribution in [2.24, 2.45) is 0 Å². The standard InChI is InChI=1S/C8H16O8.Na/c9-2-4(11)7(15)8(16)6(14)3(10)1-5(12)13;/h3-4,6-11,14-16H,1-2H2,(H,12,13);/t3?,4-,6+,7-,8-;/m1./s1. The van der Waals surface area contributed by atoms with Crippen LogP contribution in [0, 0.1) is 0 Å². The van der Waals surface area contributed by atoms with Crippen LogP contribution in [-0.4, -0.2) is 108 Å². The van der Waals surface area contributed by atoms with E-state index in [1.807, 2.05) is 0 Å². The van der Waals surface area contributed by atoms with Gasteiger partial charge in [-0.15, -0.1) is 0 Å². The molecule has 5 atom stereocenters. The molecule has 17 heavy (non-hydrogen) atoms. The van der Waals surface area contributed by atoms with Crippen molar-refractivity contribution in [1.29, 1.82) is 0 Å². The number of hydrogen-bond donors (Lipinski definition) is 7. The van der Waals surface area contributed by atoms with E-state index < -0.39 is 49.5 Å². The second-order valence-corrected chi connectivity index (χ2v) is 3.39. The molecule has 1 unspecified atom stereocenters.